The highest BCUT2D eigenvalue weighted by molar-refractivity contribution is 6.29. The van der Waals surface area contributed by atoms with Gasteiger partial charge in [0.25, 0.3) is 0 Å². The number of nitrogens with one attached hydrogen (secondary N) is 1. The van der Waals surface area contributed by atoms with Crippen LogP contribution >= 0.6 is 0 Å². The molecular weight excluding hydrogens is 222 g/mol. The van der Waals surface area contributed by atoms with Gasteiger partial charge in [0.15, 0.2) is 0 Å². The van der Waals surface area contributed by atoms with Crippen LogP contribution < -0.4 is 5.32 Å². The van der Waals surface area contributed by atoms with Crippen molar-refractivity contribution in [1.29, 1.82) is 0 Å². The summed E-state index contributed by atoms with van der Waals surface area (Å²) in [5.41, 5.74) is 1.19. The molecule has 98 valence electrons. The van der Waals surface area contributed by atoms with Crippen LogP contribution in [0.5, 0.6) is 0 Å². The van der Waals surface area contributed by atoms with Gasteiger partial charge in [0.2, 0.25) is 0 Å². The second-order valence-corrected chi connectivity index (χ2v) is 3.49. The summed E-state index contributed by atoms with van der Waals surface area (Å²) in [6.07, 6.45) is 15.5. The standard InChI is InChI=1S/C15H23N3/c1-5-8-10-14(9-6-2)12-18-15(16-4)13-17-11-7-3/h5-11,13H,12H2,1-4H3,(H,16,18)/b8-5-,9-6-,11-7+,14-10+,17-13-. The zero-order valence-electron chi connectivity index (χ0n) is 11.7. The number of hydrogen-bond donors (Lipinski definition) is 1. The Balaban J connectivity index is 4.49. The molecule has 3 heteroatoms. The lowest BCUT2D eigenvalue weighted by molar-refractivity contribution is 1.01. The molecule has 18 heavy (non-hydrogen) atoms. The van der Waals surface area contributed by atoms with E-state index in [2.05, 4.69) is 27.5 Å². The van der Waals surface area contributed by atoms with Crippen LogP contribution in [0.2, 0.25) is 0 Å². The monoisotopic (exact) mass is 245 g/mol. The lowest BCUT2D eigenvalue weighted by atomic mass is 10.2. The number of hydrogen-bond acceptors (Lipinski definition) is 2. The fourth-order valence-corrected chi connectivity index (χ4v) is 1.18. The molecule has 0 aliphatic rings. The Morgan fingerprint density at radius 2 is 1.89 bits per heavy atom. The minimum Gasteiger partial charge on any atom is -0.365 e. The molecule has 0 aliphatic heterocycles. The average Bonchev–Trinajstić information content (AvgIpc) is 2.39. The van der Waals surface area contributed by atoms with E-state index in [1.807, 2.05) is 45.1 Å². The van der Waals surface area contributed by atoms with Gasteiger partial charge in [-0.3, -0.25) is 9.98 Å². The van der Waals surface area contributed by atoms with E-state index in [0.717, 1.165) is 12.4 Å². The fraction of sp³-hybridized carbons (Fsp3) is 0.333. The zero-order valence-corrected chi connectivity index (χ0v) is 11.7. The second kappa shape index (κ2) is 11.6. The molecule has 0 aromatic heterocycles. The molecule has 0 aromatic carbocycles. The van der Waals surface area contributed by atoms with Crippen molar-refractivity contribution in [2.75, 3.05) is 13.6 Å². The van der Waals surface area contributed by atoms with Crippen LogP contribution in [0, 0.1) is 0 Å². The number of nitrogens with zero attached hydrogens (tertiary/aromatic N) is 2. The van der Waals surface area contributed by atoms with E-state index >= 15 is 0 Å². The molecule has 0 atom stereocenters. The van der Waals surface area contributed by atoms with E-state index in [-0.39, 0.29) is 0 Å². The summed E-state index contributed by atoms with van der Waals surface area (Å²) in [7, 11) is 1.75. The Bertz CT molecular complexity index is 383. The second-order valence-electron chi connectivity index (χ2n) is 3.49. The van der Waals surface area contributed by atoms with Gasteiger partial charge in [-0.1, -0.05) is 36.5 Å². The third kappa shape index (κ3) is 8.28. The summed E-state index contributed by atoms with van der Waals surface area (Å²) in [6, 6.07) is 0. The van der Waals surface area contributed by atoms with Crippen molar-refractivity contribution in [2.24, 2.45) is 9.98 Å². The van der Waals surface area contributed by atoms with E-state index in [0.29, 0.717) is 0 Å². The van der Waals surface area contributed by atoms with Crippen molar-refractivity contribution in [1.82, 2.24) is 5.32 Å². The van der Waals surface area contributed by atoms with Gasteiger partial charge >= 0.3 is 0 Å². The third-order valence-corrected chi connectivity index (χ3v) is 2.03. The Morgan fingerprint density at radius 1 is 1.11 bits per heavy atom. The molecule has 0 unspecified atom stereocenters. The predicted octanol–water partition coefficient (Wildman–Crippen LogP) is 3.29. The maximum Gasteiger partial charge on any atom is 0.139 e. The van der Waals surface area contributed by atoms with Crippen molar-refractivity contribution in [3.8, 4) is 0 Å². The minimum absolute atomic E-state index is 0.725. The summed E-state index contributed by atoms with van der Waals surface area (Å²) >= 11 is 0. The van der Waals surface area contributed by atoms with E-state index in [1.54, 1.807) is 19.5 Å². The first-order valence-electron chi connectivity index (χ1n) is 6.08. The molecule has 0 fully saturated rings. The van der Waals surface area contributed by atoms with Crippen molar-refractivity contribution in [3.63, 3.8) is 0 Å². The first kappa shape index (κ1) is 16.1. The molecule has 1 N–H and O–H groups in total. The van der Waals surface area contributed by atoms with Crippen molar-refractivity contribution >= 4 is 12.1 Å². The van der Waals surface area contributed by atoms with Gasteiger partial charge in [-0.25, -0.2) is 0 Å². The molecule has 0 amide bonds. The van der Waals surface area contributed by atoms with Crippen LogP contribution in [-0.2, 0) is 0 Å². The molecule has 0 aliphatic carbocycles. The van der Waals surface area contributed by atoms with Crippen LogP contribution in [-0.4, -0.2) is 25.6 Å². The maximum absolute atomic E-state index is 4.13. The first-order valence-corrected chi connectivity index (χ1v) is 6.08. The fourth-order valence-electron chi connectivity index (χ4n) is 1.18. The molecule has 0 saturated heterocycles. The molecule has 0 bridgehead atoms. The van der Waals surface area contributed by atoms with Crippen LogP contribution in [0.1, 0.15) is 20.8 Å². The van der Waals surface area contributed by atoms with E-state index in [9.17, 15) is 0 Å². The van der Waals surface area contributed by atoms with Crippen LogP contribution in [0.4, 0.5) is 0 Å². The van der Waals surface area contributed by atoms with Gasteiger partial charge in [0.05, 0.1) is 6.21 Å². The van der Waals surface area contributed by atoms with Gasteiger partial charge in [0, 0.05) is 19.8 Å². The SMILES string of the molecule is C\C=C/C=C(\C=C/C)CNC(/C=N\C=C\C)=N/C. The Morgan fingerprint density at radius 3 is 2.44 bits per heavy atom. The van der Waals surface area contributed by atoms with E-state index in [4.69, 9.17) is 0 Å². The smallest absolute Gasteiger partial charge is 0.139 e. The van der Waals surface area contributed by atoms with Gasteiger partial charge < -0.3 is 5.32 Å². The predicted molar refractivity (Wildman–Crippen MR) is 82.4 cm³/mol. The van der Waals surface area contributed by atoms with Crippen LogP contribution in [0.25, 0.3) is 0 Å². The molecular formula is C15H23N3. The molecule has 3 nitrogen and oxygen atoms in total. The number of amidine groups is 1. The van der Waals surface area contributed by atoms with E-state index < -0.39 is 0 Å². The molecule has 0 rings (SSSR count). The van der Waals surface area contributed by atoms with Gasteiger partial charge in [0.1, 0.15) is 5.84 Å². The normalized spacial score (nSPS) is 14.7. The van der Waals surface area contributed by atoms with Crippen LogP contribution in [0.15, 0.2) is 58.2 Å². The van der Waals surface area contributed by atoms with Crippen molar-refractivity contribution < 1.29 is 0 Å². The highest BCUT2D eigenvalue weighted by Crippen LogP contribution is 1.96. The molecule has 0 heterocycles. The van der Waals surface area contributed by atoms with Crippen LogP contribution in [0.3, 0.4) is 0 Å². The number of aliphatic imine (C=N–C) groups is 2. The Hall–Kier alpha value is -1.90. The van der Waals surface area contributed by atoms with Gasteiger partial charge in [-0.2, -0.15) is 0 Å². The summed E-state index contributed by atoms with van der Waals surface area (Å²) in [5, 5.41) is 3.24. The highest BCUT2D eigenvalue weighted by atomic mass is 15.0. The van der Waals surface area contributed by atoms with Gasteiger partial charge in [-0.05, 0) is 26.3 Å². The quantitative estimate of drug-likeness (QED) is 0.435. The largest absolute Gasteiger partial charge is 0.365 e. The Kier molecular flexibility index (Phi) is 10.4. The lowest BCUT2D eigenvalue weighted by Gasteiger charge is -2.05. The number of rotatable bonds is 6. The Labute approximate surface area is 110 Å². The summed E-state index contributed by atoms with van der Waals surface area (Å²) in [5.74, 6) is 0.768. The molecule has 0 radical (unpaired) electrons. The lowest BCUT2D eigenvalue weighted by Crippen LogP contribution is -2.26. The minimum atomic E-state index is 0.725. The third-order valence-electron chi connectivity index (χ3n) is 2.03. The van der Waals surface area contributed by atoms with Crippen molar-refractivity contribution in [3.05, 3.63) is 48.2 Å². The maximum atomic E-state index is 4.13. The summed E-state index contributed by atoms with van der Waals surface area (Å²) < 4.78 is 0. The average molecular weight is 245 g/mol. The molecule has 0 aromatic rings. The van der Waals surface area contributed by atoms with Crippen molar-refractivity contribution in [2.45, 2.75) is 20.8 Å². The summed E-state index contributed by atoms with van der Waals surface area (Å²) in [6.45, 7) is 6.66. The zero-order chi connectivity index (χ0) is 13.6. The number of allylic oxidation sites excluding steroid dienone is 5. The first-order chi connectivity index (χ1) is 8.78. The highest BCUT2D eigenvalue weighted by Gasteiger charge is 1.94. The van der Waals surface area contributed by atoms with E-state index in [1.165, 1.54) is 5.57 Å². The topological polar surface area (TPSA) is 36.8 Å². The molecule has 0 spiro atoms. The summed E-state index contributed by atoms with van der Waals surface area (Å²) in [4.78, 5) is 8.22. The molecule has 0 saturated carbocycles. The van der Waals surface area contributed by atoms with Gasteiger partial charge in [-0.15, -0.1) is 0 Å².